The first-order valence-corrected chi connectivity index (χ1v) is 11.4. The standard InChI is InChI=1S/C11H25BN4O6S.2C2HF3O2/c13-5-2-6-15-23(21,22)16-7-9(3-1-4-12(19)20)11(14,8-16)10(17)18;2*3-2(4,5)1(6)7/h9,15,19-20H,1-8,13-14H2,(H,17,18);2*(H,6,7)/t9-,11-;;/m0../s1. The molecule has 0 radical (unpaired) electrons. The van der Waals surface area contributed by atoms with Crippen LogP contribution in [-0.2, 0) is 24.6 Å². The monoisotopic (exact) mass is 580 g/mol. The van der Waals surface area contributed by atoms with Crippen molar-refractivity contribution in [2.24, 2.45) is 17.4 Å². The fourth-order valence-electron chi connectivity index (χ4n) is 2.61. The van der Waals surface area contributed by atoms with Crippen molar-refractivity contribution in [2.75, 3.05) is 26.2 Å². The molecule has 0 amide bonds. The van der Waals surface area contributed by atoms with E-state index in [4.69, 9.17) is 41.3 Å². The number of hydrogen-bond donors (Lipinski definition) is 8. The van der Waals surface area contributed by atoms with Crippen LogP contribution in [0.15, 0.2) is 0 Å². The maximum atomic E-state index is 12.2. The van der Waals surface area contributed by atoms with Crippen LogP contribution in [0.25, 0.3) is 0 Å². The molecule has 0 aromatic carbocycles. The van der Waals surface area contributed by atoms with E-state index in [-0.39, 0.29) is 32.4 Å². The average Bonchev–Trinajstić information content (AvgIpc) is 3.06. The number of carboxylic acid groups (broad SMARTS) is 3. The molecule has 0 saturated carbocycles. The highest BCUT2D eigenvalue weighted by molar-refractivity contribution is 7.87. The topological polar surface area (TPSA) is 254 Å². The number of alkyl halides is 6. The summed E-state index contributed by atoms with van der Waals surface area (Å²) in [6.45, 7) is 0.154. The predicted octanol–water partition coefficient (Wildman–Crippen LogP) is -1.60. The summed E-state index contributed by atoms with van der Waals surface area (Å²) in [4.78, 5) is 29.3. The summed E-state index contributed by atoms with van der Waals surface area (Å²) < 4.78 is 91.2. The predicted molar refractivity (Wildman–Crippen MR) is 112 cm³/mol. The van der Waals surface area contributed by atoms with Gasteiger partial charge in [-0.25, -0.2) is 14.3 Å². The van der Waals surface area contributed by atoms with Gasteiger partial charge >= 0.3 is 37.4 Å². The number of nitrogens with two attached hydrogens (primary N) is 2. The Kier molecular flexibility index (Phi) is 15.2. The zero-order chi connectivity index (χ0) is 29.8. The van der Waals surface area contributed by atoms with Gasteiger partial charge in [-0.3, -0.25) is 4.79 Å². The Morgan fingerprint density at radius 1 is 1.00 bits per heavy atom. The lowest BCUT2D eigenvalue weighted by Gasteiger charge is -2.25. The zero-order valence-electron chi connectivity index (χ0n) is 18.9. The molecule has 2 atom stereocenters. The fraction of sp³-hybridized carbons (Fsp3) is 0.800. The molecule has 10 N–H and O–H groups in total. The van der Waals surface area contributed by atoms with E-state index in [0.717, 1.165) is 4.31 Å². The van der Waals surface area contributed by atoms with Gasteiger partial charge in [-0.2, -0.15) is 39.1 Å². The number of hydrogen-bond acceptors (Lipinski definition) is 9. The molecule has 37 heavy (non-hydrogen) atoms. The molecule has 14 nitrogen and oxygen atoms in total. The van der Waals surface area contributed by atoms with Crippen LogP contribution in [0.3, 0.4) is 0 Å². The van der Waals surface area contributed by atoms with Crippen LogP contribution in [0.1, 0.15) is 19.3 Å². The molecule has 1 fully saturated rings. The average molecular weight is 580 g/mol. The highest BCUT2D eigenvalue weighted by atomic mass is 32.2. The van der Waals surface area contributed by atoms with E-state index in [1.807, 2.05) is 0 Å². The highest BCUT2D eigenvalue weighted by Gasteiger charge is 2.52. The number of rotatable bonds is 10. The molecular formula is C15H27BF6N4O10S. The van der Waals surface area contributed by atoms with Gasteiger partial charge in [-0.15, -0.1) is 0 Å². The molecule has 0 aromatic rings. The smallest absolute Gasteiger partial charge is 0.480 e. The van der Waals surface area contributed by atoms with Crippen LogP contribution in [-0.4, -0.2) is 107 Å². The minimum Gasteiger partial charge on any atom is -0.480 e. The van der Waals surface area contributed by atoms with Crippen molar-refractivity contribution in [3.8, 4) is 0 Å². The fourth-order valence-corrected chi connectivity index (χ4v) is 3.95. The van der Waals surface area contributed by atoms with Crippen LogP contribution in [0.2, 0.25) is 6.32 Å². The van der Waals surface area contributed by atoms with Gasteiger partial charge < -0.3 is 36.8 Å². The normalized spacial score (nSPS) is 20.2. The lowest BCUT2D eigenvalue weighted by molar-refractivity contribution is -0.193. The van der Waals surface area contributed by atoms with Crippen molar-refractivity contribution in [1.82, 2.24) is 9.03 Å². The molecule has 218 valence electrons. The van der Waals surface area contributed by atoms with E-state index in [2.05, 4.69) is 4.72 Å². The molecule has 1 aliphatic heterocycles. The Hall–Kier alpha value is -2.24. The molecule has 1 aliphatic rings. The molecule has 0 aromatic heterocycles. The van der Waals surface area contributed by atoms with Gasteiger partial charge in [0.25, 0.3) is 10.2 Å². The second-order valence-corrected chi connectivity index (χ2v) is 9.15. The third-order valence-electron chi connectivity index (χ3n) is 4.49. The van der Waals surface area contributed by atoms with Crippen LogP contribution in [0.4, 0.5) is 26.3 Å². The van der Waals surface area contributed by atoms with Crippen LogP contribution in [0.5, 0.6) is 0 Å². The summed E-state index contributed by atoms with van der Waals surface area (Å²) in [7, 11) is -5.31. The van der Waals surface area contributed by atoms with E-state index in [0.29, 0.717) is 19.4 Å². The minimum atomic E-state index is -5.08. The van der Waals surface area contributed by atoms with Crippen LogP contribution < -0.4 is 16.2 Å². The molecule has 22 heteroatoms. The van der Waals surface area contributed by atoms with Gasteiger partial charge in [0.2, 0.25) is 0 Å². The van der Waals surface area contributed by atoms with Gasteiger partial charge in [0, 0.05) is 25.6 Å². The SMILES string of the molecule is NCCCNS(=O)(=O)N1C[C@H](CCCB(O)O)[C@](N)(C(=O)O)C1.O=C(O)C(F)(F)F.O=C(O)C(F)(F)F. The third kappa shape index (κ3) is 14.3. The first kappa shape index (κ1) is 36.9. The first-order valence-electron chi connectivity index (χ1n) is 9.95. The number of carbonyl (C=O) groups is 3. The Labute approximate surface area is 206 Å². The van der Waals surface area contributed by atoms with Crippen LogP contribution >= 0.6 is 0 Å². The molecule has 1 saturated heterocycles. The number of halogens is 6. The third-order valence-corrected chi connectivity index (χ3v) is 6.02. The van der Waals surface area contributed by atoms with Crippen molar-refractivity contribution in [1.29, 1.82) is 0 Å². The van der Waals surface area contributed by atoms with Gasteiger partial charge in [0.15, 0.2) is 0 Å². The maximum absolute atomic E-state index is 12.2. The number of nitrogens with zero attached hydrogens (tertiary/aromatic N) is 1. The van der Waals surface area contributed by atoms with E-state index >= 15 is 0 Å². The Bertz CT molecular complexity index is 837. The number of nitrogens with one attached hydrogen (secondary N) is 1. The molecule has 0 unspecified atom stereocenters. The summed E-state index contributed by atoms with van der Waals surface area (Å²) >= 11 is 0. The molecule has 1 rings (SSSR count). The van der Waals surface area contributed by atoms with Crippen molar-refractivity contribution in [3.05, 3.63) is 0 Å². The Morgan fingerprint density at radius 3 is 1.76 bits per heavy atom. The lowest BCUT2D eigenvalue weighted by Crippen LogP contribution is -2.55. The zero-order valence-corrected chi connectivity index (χ0v) is 19.7. The molecule has 0 bridgehead atoms. The van der Waals surface area contributed by atoms with Gasteiger partial charge in [0.1, 0.15) is 5.54 Å². The molecule has 0 aliphatic carbocycles. The summed E-state index contributed by atoms with van der Waals surface area (Å²) in [5, 5.41) is 41.3. The Morgan fingerprint density at radius 2 is 1.43 bits per heavy atom. The molecule has 0 spiro atoms. The quantitative estimate of drug-likeness (QED) is 0.0827. The van der Waals surface area contributed by atoms with E-state index in [1.165, 1.54) is 0 Å². The number of aliphatic carboxylic acids is 3. The summed E-state index contributed by atoms with van der Waals surface area (Å²) in [6.07, 6.45) is -9.00. The maximum Gasteiger partial charge on any atom is 0.490 e. The van der Waals surface area contributed by atoms with Crippen LogP contribution in [0, 0.1) is 5.92 Å². The minimum absolute atomic E-state index is 0.0255. The van der Waals surface area contributed by atoms with Gasteiger partial charge in [0.05, 0.1) is 0 Å². The van der Waals surface area contributed by atoms with Gasteiger partial charge in [-0.05, 0) is 25.7 Å². The lowest BCUT2D eigenvalue weighted by atomic mass is 9.78. The van der Waals surface area contributed by atoms with Crippen molar-refractivity contribution >= 4 is 35.2 Å². The van der Waals surface area contributed by atoms with Gasteiger partial charge in [-0.1, -0.05) is 6.42 Å². The van der Waals surface area contributed by atoms with E-state index in [9.17, 15) is 44.7 Å². The largest absolute Gasteiger partial charge is 0.490 e. The van der Waals surface area contributed by atoms with E-state index in [1.54, 1.807) is 0 Å². The summed E-state index contributed by atoms with van der Waals surface area (Å²) in [6, 6.07) is 0. The molecular weight excluding hydrogens is 553 g/mol. The molecule has 1 heterocycles. The second-order valence-electron chi connectivity index (χ2n) is 7.39. The highest BCUT2D eigenvalue weighted by Crippen LogP contribution is 2.31. The Balaban J connectivity index is 0. The second kappa shape index (κ2) is 15.2. The van der Waals surface area contributed by atoms with Crippen molar-refractivity contribution < 1.29 is 74.5 Å². The van der Waals surface area contributed by atoms with Crippen molar-refractivity contribution in [2.45, 2.75) is 43.5 Å². The van der Waals surface area contributed by atoms with Crippen molar-refractivity contribution in [3.63, 3.8) is 0 Å². The summed E-state index contributed by atoms with van der Waals surface area (Å²) in [5.74, 6) is -7.39. The number of carboxylic acids is 3. The summed E-state index contributed by atoms with van der Waals surface area (Å²) in [5.41, 5.74) is 9.54. The van der Waals surface area contributed by atoms with E-state index < -0.39 is 59.0 Å². The first-order chi connectivity index (χ1) is 16.5.